The molecule has 4 nitrogen and oxygen atoms in total. The molecule has 0 fully saturated rings. The summed E-state index contributed by atoms with van der Waals surface area (Å²) in [6.45, 7) is 0. The van der Waals surface area contributed by atoms with Gasteiger partial charge in [-0.3, -0.25) is 14.9 Å². The Morgan fingerprint density at radius 1 is 1.24 bits per heavy atom. The minimum absolute atomic E-state index is 0.0478. The first kappa shape index (κ1) is 13.9. The maximum absolute atomic E-state index is 12.4. The zero-order valence-corrected chi connectivity index (χ0v) is 12.7. The number of benzene rings is 2. The molecule has 1 aliphatic rings. The number of Topliss-reactive ketones (excluding diaryl/α,β-unsaturated/α-hetero) is 1. The summed E-state index contributed by atoms with van der Waals surface area (Å²) in [6.07, 6.45) is 1.32. The van der Waals surface area contributed by atoms with E-state index in [1.807, 2.05) is 24.3 Å². The van der Waals surface area contributed by atoms with Crippen molar-refractivity contribution in [3.8, 4) is 0 Å². The number of fused-ring (bicyclic) bond motifs is 1. The Morgan fingerprint density at radius 3 is 2.67 bits per heavy atom. The Kier molecular flexibility index (Phi) is 3.59. The number of non-ortho nitro benzene ring substituents is 1. The average molecular weight is 346 g/mol. The second-order valence-corrected chi connectivity index (χ2v) is 6.01. The van der Waals surface area contributed by atoms with E-state index in [-0.39, 0.29) is 17.4 Å². The van der Waals surface area contributed by atoms with Crippen molar-refractivity contribution in [1.82, 2.24) is 0 Å². The van der Waals surface area contributed by atoms with Gasteiger partial charge in [-0.2, -0.15) is 0 Å². The first-order chi connectivity index (χ1) is 10.1. The SMILES string of the molecule is O=C1c2ccccc2CC1Cc1ccc([N+](=O)[O-])cc1Br. The molecule has 0 bridgehead atoms. The summed E-state index contributed by atoms with van der Waals surface area (Å²) in [5.41, 5.74) is 2.87. The smallest absolute Gasteiger partial charge is 0.270 e. The van der Waals surface area contributed by atoms with Crippen LogP contribution in [0.25, 0.3) is 0 Å². The monoisotopic (exact) mass is 345 g/mol. The van der Waals surface area contributed by atoms with Crippen LogP contribution in [0.5, 0.6) is 0 Å². The fourth-order valence-corrected chi connectivity index (χ4v) is 3.29. The number of halogens is 1. The van der Waals surface area contributed by atoms with E-state index in [0.717, 1.165) is 23.1 Å². The van der Waals surface area contributed by atoms with E-state index >= 15 is 0 Å². The van der Waals surface area contributed by atoms with Gasteiger partial charge < -0.3 is 0 Å². The average Bonchev–Trinajstić information content (AvgIpc) is 2.78. The number of nitro groups is 1. The molecule has 0 aromatic heterocycles. The lowest BCUT2D eigenvalue weighted by Crippen LogP contribution is -2.12. The van der Waals surface area contributed by atoms with Crippen LogP contribution >= 0.6 is 15.9 Å². The van der Waals surface area contributed by atoms with Crippen LogP contribution in [0.15, 0.2) is 46.9 Å². The minimum Gasteiger partial charge on any atom is -0.294 e. The molecule has 3 rings (SSSR count). The Morgan fingerprint density at radius 2 is 2.00 bits per heavy atom. The van der Waals surface area contributed by atoms with Crippen molar-refractivity contribution >= 4 is 27.4 Å². The highest BCUT2D eigenvalue weighted by Crippen LogP contribution is 2.32. The summed E-state index contributed by atoms with van der Waals surface area (Å²) in [5.74, 6) is 0.0796. The van der Waals surface area contributed by atoms with Crippen LogP contribution in [0.2, 0.25) is 0 Å². The van der Waals surface area contributed by atoms with Gasteiger partial charge in [0.2, 0.25) is 0 Å². The number of carbonyl (C=O) groups excluding carboxylic acids is 1. The highest BCUT2D eigenvalue weighted by Gasteiger charge is 2.30. The molecule has 1 unspecified atom stereocenters. The summed E-state index contributed by atoms with van der Waals surface area (Å²) in [5, 5.41) is 10.7. The summed E-state index contributed by atoms with van der Waals surface area (Å²) in [4.78, 5) is 22.7. The molecule has 0 radical (unpaired) electrons. The molecule has 0 aliphatic heterocycles. The highest BCUT2D eigenvalue weighted by molar-refractivity contribution is 9.10. The predicted molar refractivity (Wildman–Crippen MR) is 82.5 cm³/mol. The molecule has 1 aliphatic carbocycles. The van der Waals surface area contributed by atoms with Gasteiger partial charge in [0.25, 0.3) is 5.69 Å². The molecule has 1 atom stereocenters. The number of nitrogens with zero attached hydrogens (tertiary/aromatic N) is 1. The number of carbonyl (C=O) groups is 1. The van der Waals surface area contributed by atoms with Gasteiger partial charge in [-0.05, 0) is 24.0 Å². The first-order valence-electron chi connectivity index (χ1n) is 6.61. The van der Waals surface area contributed by atoms with E-state index < -0.39 is 4.92 Å². The molecule has 0 saturated carbocycles. The Balaban J connectivity index is 1.83. The van der Waals surface area contributed by atoms with E-state index in [2.05, 4.69) is 15.9 Å². The molecule has 0 saturated heterocycles. The predicted octanol–water partition coefficient (Wildman–Crippen LogP) is 3.96. The molecule has 0 heterocycles. The highest BCUT2D eigenvalue weighted by atomic mass is 79.9. The Labute approximate surface area is 130 Å². The third-order valence-electron chi connectivity index (χ3n) is 3.83. The summed E-state index contributed by atoms with van der Waals surface area (Å²) < 4.78 is 0.681. The van der Waals surface area contributed by atoms with E-state index in [4.69, 9.17) is 0 Å². The van der Waals surface area contributed by atoms with Crippen LogP contribution in [0.4, 0.5) is 5.69 Å². The van der Waals surface area contributed by atoms with E-state index in [0.29, 0.717) is 10.9 Å². The molecule has 5 heteroatoms. The zero-order valence-electron chi connectivity index (χ0n) is 11.1. The summed E-state index contributed by atoms with van der Waals surface area (Å²) >= 11 is 3.36. The fourth-order valence-electron chi connectivity index (χ4n) is 2.76. The maximum atomic E-state index is 12.4. The van der Waals surface area contributed by atoms with E-state index in [1.54, 1.807) is 6.07 Å². The van der Waals surface area contributed by atoms with Gasteiger partial charge in [-0.1, -0.05) is 46.3 Å². The molecular weight excluding hydrogens is 334 g/mol. The normalized spacial score (nSPS) is 16.8. The van der Waals surface area contributed by atoms with Gasteiger partial charge >= 0.3 is 0 Å². The molecule has 106 valence electrons. The lowest BCUT2D eigenvalue weighted by molar-refractivity contribution is -0.384. The van der Waals surface area contributed by atoms with E-state index in [1.165, 1.54) is 12.1 Å². The molecule has 0 N–H and O–H groups in total. The van der Waals surface area contributed by atoms with Gasteiger partial charge in [-0.15, -0.1) is 0 Å². The summed E-state index contributed by atoms with van der Waals surface area (Å²) in [6, 6.07) is 12.4. The van der Waals surface area contributed by atoms with Crippen LogP contribution in [-0.4, -0.2) is 10.7 Å². The maximum Gasteiger partial charge on any atom is 0.270 e. The van der Waals surface area contributed by atoms with Crippen molar-refractivity contribution in [2.75, 3.05) is 0 Å². The van der Waals surface area contributed by atoms with Gasteiger partial charge in [0, 0.05) is 28.1 Å². The second kappa shape index (κ2) is 5.41. The van der Waals surface area contributed by atoms with Crippen LogP contribution in [-0.2, 0) is 12.8 Å². The third-order valence-corrected chi connectivity index (χ3v) is 4.57. The fraction of sp³-hybridized carbons (Fsp3) is 0.188. The molecule has 2 aromatic carbocycles. The Hall–Kier alpha value is -2.01. The van der Waals surface area contributed by atoms with Gasteiger partial charge in [0.1, 0.15) is 0 Å². The molecule has 0 amide bonds. The lowest BCUT2D eigenvalue weighted by atomic mass is 9.95. The standard InChI is InChI=1S/C16H12BrNO3/c17-15-9-13(18(20)21)6-5-11(15)8-12-7-10-3-1-2-4-14(10)16(12)19/h1-6,9,12H,7-8H2. The quantitative estimate of drug-likeness (QED) is 0.624. The Bertz CT molecular complexity index is 742. The molecular formula is C16H12BrNO3. The van der Waals surface area contributed by atoms with Gasteiger partial charge in [0.15, 0.2) is 5.78 Å². The van der Waals surface area contributed by atoms with Gasteiger partial charge in [0.05, 0.1) is 4.92 Å². The number of rotatable bonds is 3. The van der Waals surface area contributed by atoms with Crippen molar-refractivity contribution in [3.05, 3.63) is 73.7 Å². The largest absolute Gasteiger partial charge is 0.294 e. The number of hydrogen-bond donors (Lipinski definition) is 0. The van der Waals surface area contributed by atoms with Crippen LogP contribution in [0, 0.1) is 16.0 Å². The lowest BCUT2D eigenvalue weighted by Gasteiger charge is -2.09. The number of nitro benzene ring substituents is 1. The number of ketones is 1. The molecule has 0 spiro atoms. The van der Waals surface area contributed by atoms with Crippen LogP contribution in [0.3, 0.4) is 0 Å². The van der Waals surface area contributed by atoms with E-state index in [9.17, 15) is 14.9 Å². The molecule has 2 aromatic rings. The van der Waals surface area contributed by atoms with Crippen molar-refractivity contribution in [3.63, 3.8) is 0 Å². The second-order valence-electron chi connectivity index (χ2n) is 5.16. The molecule has 21 heavy (non-hydrogen) atoms. The van der Waals surface area contributed by atoms with Gasteiger partial charge in [-0.25, -0.2) is 0 Å². The van der Waals surface area contributed by atoms with Crippen LogP contribution < -0.4 is 0 Å². The third kappa shape index (κ3) is 2.61. The first-order valence-corrected chi connectivity index (χ1v) is 7.40. The van der Waals surface area contributed by atoms with Crippen molar-refractivity contribution in [1.29, 1.82) is 0 Å². The van der Waals surface area contributed by atoms with Crippen molar-refractivity contribution in [2.45, 2.75) is 12.8 Å². The minimum atomic E-state index is -0.425. The topological polar surface area (TPSA) is 60.2 Å². The number of hydrogen-bond acceptors (Lipinski definition) is 3. The zero-order chi connectivity index (χ0) is 15.0. The summed E-state index contributed by atoms with van der Waals surface area (Å²) in [7, 11) is 0. The van der Waals surface area contributed by atoms with Crippen LogP contribution in [0.1, 0.15) is 21.5 Å². The van der Waals surface area contributed by atoms with Crippen molar-refractivity contribution in [2.24, 2.45) is 5.92 Å². The van der Waals surface area contributed by atoms with Crippen molar-refractivity contribution < 1.29 is 9.72 Å².